The average Bonchev–Trinajstić information content (AvgIpc) is 2.34. The number of pyridine rings is 1. The number of nitrogens with zero attached hydrogens (tertiary/aromatic N) is 1. The zero-order valence-electron chi connectivity index (χ0n) is 10.8. The standard InChI is InChI=1S/C15H25N/c1-3-4-5-6-7-8-9-14(2)15-10-12-16-13-11-15/h10-14H,3-9H2,1-2H3. The van der Waals surface area contributed by atoms with Crippen LogP contribution in [0.15, 0.2) is 24.5 Å². The largest absolute Gasteiger partial charge is 0.265 e. The van der Waals surface area contributed by atoms with Gasteiger partial charge >= 0.3 is 0 Å². The fourth-order valence-corrected chi connectivity index (χ4v) is 2.09. The molecule has 0 spiro atoms. The van der Waals surface area contributed by atoms with Gasteiger partial charge in [-0.25, -0.2) is 0 Å². The summed E-state index contributed by atoms with van der Waals surface area (Å²) in [5.74, 6) is 0.689. The summed E-state index contributed by atoms with van der Waals surface area (Å²) in [5.41, 5.74) is 1.43. The van der Waals surface area contributed by atoms with Gasteiger partial charge in [0.1, 0.15) is 0 Å². The fourth-order valence-electron chi connectivity index (χ4n) is 2.09. The van der Waals surface area contributed by atoms with Gasteiger partial charge in [-0.3, -0.25) is 4.98 Å². The summed E-state index contributed by atoms with van der Waals surface area (Å²) >= 11 is 0. The summed E-state index contributed by atoms with van der Waals surface area (Å²) in [6.45, 7) is 4.59. The lowest BCUT2D eigenvalue weighted by Crippen LogP contribution is -1.93. The van der Waals surface area contributed by atoms with Crippen LogP contribution in [0.3, 0.4) is 0 Å². The number of rotatable bonds is 8. The second-order valence-electron chi connectivity index (χ2n) is 4.74. The van der Waals surface area contributed by atoms with Crippen molar-refractivity contribution in [1.82, 2.24) is 4.98 Å². The molecule has 16 heavy (non-hydrogen) atoms. The van der Waals surface area contributed by atoms with Gasteiger partial charge in [-0.2, -0.15) is 0 Å². The van der Waals surface area contributed by atoms with Crippen molar-refractivity contribution in [3.8, 4) is 0 Å². The summed E-state index contributed by atoms with van der Waals surface area (Å²) < 4.78 is 0. The predicted molar refractivity (Wildman–Crippen MR) is 70.6 cm³/mol. The van der Waals surface area contributed by atoms with Gasteiger partial charge in [-0.05, 0) is 30.0 Å². The first-order chi connectivity index (χ1) is 7.84. The lowest BCUT2D eigenvalue weighted by molar-refractivity contribution is 0.557. The van der Waals surface area contributed by atoms with Gasteiger partial charge < -0.3 is 0 Å². The van der Waals surface area contributed by atoms with Crippen LogP contribution in [-0.4, -0.2) is 4.98 Å². The van der Waals surface area contributed by atoms with Crippen LogP contribution in [0.4, 0.5) is 0 Å². The molecule has 1 aromatic rings. The minimum atomic E-state index is 0.689. The first-order valence-electron chi connectivity index (χ1n) is 6.74. The topological polar surface area (TPSA) is 12.9 Å². The highest BCUT2D eigenvalue weighted by Crippen LogP contribution is 2.21. The zero-order valence-corrected chi connectivity index (χ0v) is 10.8. The van der Waals surface area contributed by atoms with Crippen LogP contribution in [-0.2, 0) is 0 Å². The van der Waals surface area contributed by atoms with Crippen LogP contribution in [0.25, 0.3) is 0 Å². The molecule has 1 heteroatoms. The van der Waals surface area contributed by atoms with Crippen molar-refractivity contribution in [2.75, 3.05) is 0 Å². The van der Waals surface area contributed by atoms with E-state index >= 15 is 0 Å². The third-order valence-electron chi connectivity index (χ3n) is 3.27. The van der Waals surface area contributed by atoms with Gasteiger partial charge in [0, 0.05) is 12.4 Å². The lowest BCUT2D eigenvalue weighted by atomic mass is 9.95. The normalized spacial score (nSPS) is 12.6. The highest BCUT2D eigenvalue weighted by molar-refractivity contribution is 5.14. The Morgan fingerprint density at radius 2 is 1.62 bits per heavy atom. The second-order valence-corrected chi connectivity index (χ2v) is 4.74. The van der Waals surface area contributed by atoms with E-state index in [4.69, 9.17) is 0 Å². The lowest BCUT2D eigenvalue weighted by Gasteiger charge is -2.10. The molecule has 0 aliphatic carbocycles. The molecule has 0 saturated carbocycles. The van der Waals surface area contributed by atoms with Crippen LogP contribution in [0.5, 0.6) is 0 Å². The first-order valence-corrected chi connectivity index (χ1v) is 6.74. The number of hydrogen-bond donors (Lipinski definition) is 0. The van der Waals surface area contributed by atoms with Gasteiger partial charge in [-0.15, -0.1) is 0 Å². The van der Waals surface area contributed by atoms with Gasteiger partial charge in [0.2, 0.25) is 0 Å². The van der Waals surface area contributed by atoms with Gasteiger partial charge in [-0.1, -0.05) is 52.4 Å². The SMILES string of the molecule is CCCCCCCCC(C)c1ccncc1. The molecule has 0 saturated heterocycles. The molecule has 1 heterocycles. The average molecular weight is 219 g/mol. The van der Waals surface area contributed by atoms with Crippen molar-refractivity contribution in [2.45, 2.75) is 64.7 Å². The van der Waals surface area contributed by atoms with Crippen molar-refractivity contribution in [3.63, 3.8) is 0 Å². The van der Waals surface area contributed by atoms with Crippen molar-refractivity contribution in [3.05, 3.63) is 30.1 Å². The monoisotopic (exact) mass is 219 g/mol. The Kier molecular flexibility index (Phi) is 6.87. The Morgan fingerprint density at radius 3 is 2.31 bits per heavy atom. The van der Waals surface area contributed by atoms with Crippen LogP contribution in [0.2, 0.25) is 0 Å². The molecule has 0 aromatic carbocycles. The summed E-state index contributed by atoms with van der Waals surface area (Å²) in [6, 6.07) is 4.28. The Hall–Kier alpha value is -0.850. The molecule has 1 atom stereocenters. The predicted octanol–water partition coefficient (Wildman–Crippen LogP) is 4.94. The van der Waals surface area contributed by atoms with Crippen molar-refractivity contribution in [2.24, 2.45) is 0 Å². The van der Waals surface area contributed by atoms with E-state index in [9.17, 15) is 0 Å². The highest BCUT2D eigenvalue weighted by Gasteiger charge is 2.03. The van der Waals surface area contributed by atoms with Gasteiger partial charge in [0.15, 0.2) is 0 Å². The molecule has 0 aliphatic heterocycles. The van der Waals surface area contributed by atoms with Crippen molar-refractivity contribution in [1.29, 1.82) is 0 Å². The van der Waals surface area contributed by atoms with E-state index in [1.165, 1.54) is 50.5 Å². The summed E-state index contributed by atoms with van der Waals surface area (Å²) in [5, 5.41) is 0. The van der Waals surface area contributed by atoms with Crippen LogP contribution < -0.4 is 0 Å². The minimum Gasteiger partial charge on any atom is -0.265 e. The fraction of sp³-hybridized carbons (Fsp3) is 0.667. The Bertz CT molecular complexity index is 255. The molecule has 1 aromatic heterocycles. The molecule has 0 aliphatic rings. The number of aromatic nitrogens is 1. The molecule has 0 radical (unpaired) electrons. The third kappa shape index (κ3) is 5.29. The summed E-state index contributed by atoms with van der Waals surface area (Å²) in [7, 11) is 0. The van der Waals surface area contributed by atoms with Crippen molar-refractivity contribution < 1.29 is 0 Å². The summed E-state index contributed by atoms with van der Waals surface area (Å²) in [6.07, 6.45) is 13.4. The third-order valence-corrected chi connectivity index (χ3v) is 3.27. The van der Waals surface area contributed by atoms with E-state index in [0.29, 0.717) is 5.92 Å². The molecule has 0 N–H and O–H groups in total. The maximum Gasteiger partial charge on any atom is 0.0270 e. The zero-order chi connectivity index (χ0) is 11.6. The Morgan fingerprint density at radius 1 is 1.00 bits per heavy atom. The molecule has 1 nitrogen and oxygen atoms in total. The minimum absolute atomic E-state index is 0.689. The van der Waals surface area contributed by atoms with Crippen LogP contribution in [0.1, 0.15) is 70.3 Å². The maximum atomic E-state index is 4.06. The Labute approximate surface area is 100 Å². The first kappa shape index (κ1) is 13.2. The molecular weight excluding hydrogens is 194 g/mol. The maximum absolute atomic E-state index is 4.06. The molecule has 1 unspecified atom stereocenters. The Balaban J connectivity index is 2.09. The molecule has 0 fully saturated rings. The second kappa shape index (κ2) is 8.32. The molecule has 1 rings (SSSR count). The molecule has 0 bridgehead atoms. The van der Waals surface area contributed by atoms with E-state index < -0.39 is 0 Å². The summed E-state index contributed by atoms with van der Waals surface area (Å²) in [4.78, 5) is 4.06. The number of unbranched alkanes of at least 4 members (excludes halogenated alkanes) is 5. The van der Waals surface area contributed by atoms with E-state index in [2.05, 4.69) is 31.0 Å². The van der Waals surface area contributed by atoms with Gasteiger partial charge in [0.25, 0.3) is 0 Å². The van der Waals surface area contributed by atoms with Crippen molar-refractivity contribution >= 4 is 0 Å². The molecule has 0 amide bonds. The number of hydrogen-bond acceptors (Lipinski definition) is 1. The van der Waals surface area contributed by atoms with Crippen LogP contribution in [0, 0.1) is 0 Å². The molecule has 90 valence electrons. The van der Waals surface area contributed by atoms with E-state index in [1.807, 2.05) is 12.4 Å². The quantitative estimate of drug-likeness (QED) is 0.565. The smallest absolute Gasteiger partial charge is 0.0270 e. The van der Waals surface area contributed by atoms with Crippen LogP contribution >= 0.6 is 0 Å². The van der Waals surface area contributed by atoms with E-state index in [-0.39, 0.29) is 0 Å². The van der Waals surface area contributed by atoms with Gasteiger partial charge in [0.05, 0.1) is 0 Å². The van der Waals surface area contributed by atoms with E-state index in [1.54, 1.807) is 0 Å². The molecular formula is C15H25N. The van der Waals surface area contributed by atoms with E-state index in [0.717, 1.165) is 0 Å². The highest BCUT2D eigenvalue weighted by atomic mass is 14.6.